The molecule has 1 heterocycles. The Kier molecular flexibility index (Phi) is 3.76. The molecule has 0 saturated carbocycles. The molecule has 0 N–H and O–H groups in total. The monoisotopic (exact) mass is 143 g/mol. The SMILES string of the molecule is COCCCN1CCCC1. The Labute approximate surface area is 63.2 Å². The van der Waals surface area contributed by atoms with E-state index in [9.17, 15) is 0 Å². The molecule has 0 amide bonds. The molecular formula is C8H17NO. The fourth-order valence-corrected chi connectivity index (χ4v) is 1.44. The fourth-order valence-electron chi connectivity index (χ4n) is 1.44. The molecule has 1 rings (SSSR count). The number of ether oxygens (including phenoxy) is 1. The van der Waals surface area contributed by atoms with Gasteiger partial charge in [-0.1, -0.05) is 0 Å². The van der Waals surface area contributed by atoms with Gasteiger partial charge in [0.05, 0.1) is 0 Å². The van der Waals surface area contributed by atoms with Gasteiger partial charge in [-0.15, -0.1) is 0 Å². The van der Waals surface area contributed by atoms with Crippen LogP contribution >= 0.6 is 0 Å². The van der Waals surface area contributed by atoms with E-state index in [0.29, 0.717) is 0 Å². The van der Waals surface area contributed by atoms with Gasteiger partial charge in [0.15, 0.2) is 0 Å². The Bertz CT molecular complexity index is 79.3. The number of nitrogens with zero attached hydrogens (tertiary/aromatic N) is 1. The van der Waals surface area contributed by atoms with Gasteiger partial charge in [0, 0.05) is 20.3 Å². The highest BCUT2D eigenvalue weighted by molar-refractivity contribution is 4.65. The molecule has 0 aromatic carbocycles. The summed E-state index contributed by atoms with van der Waals surface area (Å²) in [4.78, 5) is 2.51. The Morgan fingerprint density at radius 2 is 2.00 bits per heavy atom. The van der Waals surface area contributed by atoms with Gasteiger partial charge in [0.25, 0.3) is 0 Å². The zero-order valence-electron chi connectivity index (χ0n) is 6.81. The Hall–Kier alpha value is -0.0800. The van der Waals surface area contributed by atoms with Gasteiger partial charge in [-0.05, 0) is 32.4 Å². The molecule has 0 unspecified atom stereocenters. The Morgan fingerprint density at radius 3 is 2.60 bits per heavy atom. The van der Waals surface area contributed by atoms with E-state index in [1.807, 2.05) is 0 Å². The van der Waals surface area contributed by atoms with Crippen LogP contribution < -0.4 is 0 Å². The third kappa shape index (κ3) is 2.67. The zero-order valence-corrected chi connectivity index (χ0v) is 6.81. The van der Waals surface area contributed by atoms with Crippen LogP contribution in [0.4, 0.5) is 0 Å². The highest BCUT2D eigenvalue weighted by Gasteiger charge is 2.09. The average Bonchev–Trinajstić information content (AvgIpc) is 2.41. The van der Waals surface area contributed by atoms with Crippen molar-refractivity contribution in [3.8, 4) is 0 Å². The van der Waals surface area contributed by atoms with Crippen LogP contribution in [-0.2, 0) is 4.74 Å². The minimum Gasteiger partial charge on any atom is -0.385 e. The molecule has 0 atom stereocenters. The molecular weight excluding hydrogens is 126 g/mol. The maximum Gasteiger partial charge on any atom is 0.0474 e. The first-order chi connectivity index (χ1) is 4.93. The van der Waals surface area contributed by atoms with Crippen molar-refractivity contribution in [1.82, 2.24) is 4.90 Å². The first kappa shape index (κ1) is 8.02. The second-order valence-corrected chi connectivity index (χ2v) is 2.90. The van der Waals surface area contributed by atoms with Crippen LogP contribution in [0.15, 0.2) is 0 Å². The third-order valence-electron chi connectivity index (χ3n) is 2.02. The number of hydrogen-bond acceptors (Lipinski definition) is 2. The molecule has 0 aromatic rings. The normalized spacial score (nSPS) is 20.1. The zero-order chi connectivity index (χ0) is 7.23. The summed E-state index contributed by atoms with van der Waals surface area (Å²) in [6.07, 6.45) is 3.98. The molecule has 0 radical (unpaired) electrons. The predicted octanol–water partition coefficient (Wildman–Crippen LogP) is 1.12. The standard InChI is InChI=1S/C8H17NO/c1-10-8-4-7-9-5-2-3-6-9/h2-8H2,1H3. The van der Waals surface area contributed by atoms with E-state index < -0.39 is 0 Å². The van der Waals surface area contributed by atoms with Crippen LogP contribution in [0.5, 0.6) is 0 Å². The van der Waals surface area contributed by atoms with Crippen LogP contribution in [0.1, 0.15) is 19.3 Å². The van der Waals surface area contributed by atoms with E-state index in [1.54, 1.807) is 7.11 Å². The van der Waals surface area contributed by atoms with E-state index in [1.165, 1.54) is 38.9 Å². The number of likely N-dealkylation sites (tertiary alicyclic amines) is 1. The average molecular weight is 143 g/mol. The van der Waals surface area contributed by atoms with Gasteiger partial charge in [-0.2, -0.15) is 0 Å². The summed E-state index contributed by atoms with van der Waals surface area (Å²) < 4.78 is 4.97. The van der Waals surface area contributed by atoms with Crippen LogP contribution in [-0.4, -0.2) is 38.3 Å². The molecule has 1 aliphatic rings. The summed E-state index contributed by atoms with van der Waals surface area (Å²) >= 11 is 0. The first-order valence-electron chi connectivity index (χ1n) is 4.15. The Morgan fingerprint density at radius 1 is 1.30 bits per heavy atom. The smallest absolute Gasteiger partial charge is 0.0474 e. The minimum atomic E-state index is 0.913. The van der Waals surface area contributed by atoms with Gasteiger partial charge >= 0.3 is 0 Å². The molecule has 0 aliphatic carbocycles. The number of rotatable bonds is 4. The van der Waals surface area contributed by atoms with Crippen LogP contribution in [0, 0.1) is 0 Å². The summed E-state index contributed by atoms with van der Waals surface area (Å²) in [7, 11) is 1.77. The van der Waals surface area contributed by atoms with Crippen molar-refractivity contribution in [1.29, 1.82) is 0 Å². The lowest BCUT2D eigenvalue weighted by molar-refractivity contribution is 0.179. The molecule has 0 aromatic heterocycles. The van der Waals surface area contributed by atoms with Crippen molar-refractivity contribution >= 4 is 0 Å². The van der Waals surface area contributed by atoms with Crippen LogP contribution in [0.2, 0.25) is 0 Å². The summed E-state index contributed by atoms with van der Waals surface area (Å²) in [5, 5.41) is 0. The highest BCUT2D eigenvalue weighted by atomic mass is 16.5. The lowest BCUT2D eigenvalue weighted by Gasteiger charge is -2.12. The van der Waals surface area contributed by atoms with E-state index in [0.717, 1.165) is 6.61 Å². The Balaban J connectivity index is 1.91. The summed E-state index contributed by atoms with van der Waals surface area (Å²) in [5.41, 5.74) is 0. The second-order valence-electron chi connectivity index (χ2n) is 2.90. The van der Waals surface area contributed by atoms with Crippen LogP contribution in [0.3, 0.4) is 0 Å². The van der Waals surface area contributed by atoms with Crippen molar-refractivity contribution in [2.24, 2.45) is 0 Å². The maximum absolute atomic E-state index is 4.97. The van der Waals surface area contributed by atoms with Crippen molar-refractivity contribution in [2.45, 2.75) is 19.3 Å². The van der Waals surface area contributed by atoms with E-state index in [4.69, 9.17) is 4.74 Å². The van der Waals surface area contributed by atoms with Gasteiger partial charge < -0.3 is 9.64 Å². The van der Waals surface area contributed by atoms with Gasteiger partial charge in [-0.25, -0.2) is 0 Å². The third-order valence-corrected chi connectivity index (χ3v) is 2.02. The van der Waals surface area contributed by atoms with E-state index in [2.05, 4.69) is 4.90 Å². The van der Waals surface area contributed by atoms with E-state index in [-0.39, 0.29) is 0 Å². The fraction of sp³-hybridized carbons (Fsp3) is 1.00. The van der Waals surface area contributed by atoms with Crippen molar-refractivity contribution in [3.05, 3.63) is 0 Å². The minimum absolute atomic E-state index is 0.913. The molecule has 0 spiro atoms. The molecule has 1 saturated heterocycles. The molecule has 1 aliphatic heterocycles. The number of methoxy groups -OCH3 is 1. The summed E-state index contributed by atoms with van der Waals surface area (Å²) in [5.74, 6) is 0. The number of hydrogen-bond donors (Lipinski definition) is 0. The summed E-state index contributed by atoms with van der Waals surface area (Å²) in [6, 6.07) is 0. The lowest BCUT2D eigenvalue weighted by Crippen LogP contribution is -2.21. The first-order valence-corrected chi connectivity index (χ1v) is 4.15. The molecule has 2 heteroatoms. The summed E-state index contributed by atoms with van der Waals surface area (Å²) in [6.45, 7) is 4.76. The maximum atomic E-state index is 4.97. The molecule has 60 valence electrons. The molecule has 10 heavy (non-hydrogen) atoms. The van der Waals surface area contributed by atoms with Gasteiger partial charge in [0.1, 0.15) is 0 Å². The molecule has 2 nitrogen and oxygen atoms in total. The van der Waals surface area contributed by atoms with Crippen molar-refractivity contribution in [3.63, 3.8) is 0 Å². The quantitative estimate of drug-likeness (QED) is 0.547. The lowest BCUT2D eigenvalue weighted by atomic mass is 10.4. The largest absolute Gasteiger partial charge is 0.385 e. The second kappa shape index (κ2) is 4.69. The highest BCUT2D eigenvalue weighted by Crippen LogP contribution is 2.06. The van der Waals surface area contributed by atoms with Crippen LogP contribution in [0.25, 0.3) is 0 Å². The van der Waals surface area contributed by atoms with E-state index >= 15 is 0 Å². The molecule has 0 bridgehead atoms. The van der Waals surface area contributed by atoms with Crippen molar-refractivity contribution in [2.75, 3.05) is 33.4 Å². The van der Waals surface area contributed by atoms with Gasteiger partial charge in [0.2, 0.25) is 0 Å². The predicted molar refractivity (Wildman–Crippen MR) is 42.2 cm³/mol. The van der Waals surface area contributed by atoms with Gasteiger partial charge in [-0.3, -0.25) is 0 Å². The molecule has 1 fully saturated rings. The van der Waals surface area contributed by atoms with Crippen molar-refractivity contribution < 1.29 is 4.74 Å². The topological polar surface area (TPSA) is 12.5 Å².